The van der Waals surface area contributed by atoms with E-state index in [2.05, 4.69) is 42.9 Å². The SMILES string of the molecule is Cc1ccc(CC(C)NS(=O)(=O)CCCCNC(C)C)s1. The third kappa shape index (κ3) is 8.56. The third-order valence-corrected chi connectivity index (χ3v) is 5.69. The number of thiophene rings is 1. The van der Waals surface area contributed by atoms with E-state index in [-0.39, 0.29) is 11.8 Å². The predicted molar refractivity (Wildman–Crippen MR) is 91.5 cm³/mol. The van der Waals surface area contributed by atoms with E-state index in [0.29, 0.717) is 12.5 Å². The monoisotopic (exact) mass is 332 g/mol. The van der Waals surface area contributed by atoms with E-state index in [1.165, 1.54) is 9.75 Å². The van der Waals surface area contributed by atoms with Gasteiger partial charge < -0.3 is 5.32 Å². The first-order chi connectivity index (χ1) is 9.78. The van der Waals surface area contributed by atoms with E-state index in [1.54, 1.807) is 11.3 Å². The summed E-state index contributed by atoms with van der Waals surface area (Å²) in [7, 11) is -3.17. The number of hydrogen-bond donors (Lipinski definition) is 2. The van der Waals surface area contributed by atoms with Gasteiger partial charge in [-0.2, -0.15) is 0 Å². The molecule has 1 atom stereocenters. The molecule has 4 nitrogen and oxygen atoms in total. The Morgan fingerprint density at radius 1 is 1.19 bits per heavy atom. The van der Waals surface area contributed by atoms with Crippen molar-refractivity contribution in [2.75, 3.05) is 12.3 Å². The van der Waals surface area contributed by atoms with E-state index in [9.17, 15) is 8.42 Å². The van der Waals surface area contributed by atoms with Gasteiger partial charge in [0.1, 0.15) is 0 Å². The molecular weight excluding hydrogens is 304 g/mol. The second-order valence-corrected chi connectivity index (χ2v) is 9.12. The molecule has 0 aromatic carbocycles. The van der Waals surface area contributed by atoms with E-state index in [0.717, 1.165) is 19.4 Å². The second-order valence-electron chi connectivity index (χ2n) is 5.87. The van der Waals surface area contributed by atoms with Crippen LogP contribution in [0.4, 0.5) is 0 Å². The summed E-state index contributed by atoms with van der Waals surface area (Å²) in [5, 5.41) is 3.29. The molecule has 6 heteroatoms. The molecule has 0 fully saturated rings. The van der Waals surface area contributed by atoms with E-state index >= 15 is 0 Å². The fourth-order valence-electron chi connectivity index (χ4n) is 2.11. The molecule has 0 amide bonds. The van der Waals surface area contributed by atoms with Gasteiger partial charge in [-0.15, -0.1) is 11.3 Å². The van der Waals surface area contributed by atoms with Crippen molar-refractivity contribution < 1.29 is 8.42 Å². The summed E-state index contributed by atoms with van der Waals surface area (Å²) in [4.78, 5) is 2.49. The molecule has 1 aromatic rings. The van der Waals surface area contributed by atoms with Gasteiger partial charge in [-0.05, 0) is 51.8 Å². The Balaban J connectivity index is 2.27. The standard InChI is InChI=1S/C15H28N2O2S2/c1-12(2)16-9-5-6-10-21(18,19)17-13(3)11-15-8-7-14(4)20-15/h7-8,12-13,16-17H,5-6,9-11H2,1-4H3. The molecular formula is C15H28N2O2S2. The first-order valence-electron chi connectivity index (χ1n) is 7.57. The molecule has 0 bridgehead atoms. The Bertz CT molecular complexity index is 509. The van der Waals surface area contributed by atoms with Crippen LogP contribution < -0.4 is 10.0 Å². The molecule has 0 aliphatic heterocycles. The molecule has 0 saturated carbocycles. The third-order valence-electron chi connectivity index (χ3n) is 3.08. The molecule has 2 N–H and O–H groups in total. The molecule has 0 spiro atoms. The number of aryl methyl sites for hydroxylation is 1. The van der Waals surface area contributed by atoms with Crippen LogP contribution in [0.5, 0.6) is 0 Å². The highest BCUT2D eigenvalue weighted by molar-refractivity contribution is 7.89. The van der Waals surface area contributed by atoms with Gasteiger partial charge in [-0.25, -0.2) is 13.1 Å². The highest BCUT2D eigenvalue weighted by Crippen LogP contribution is 2.16. The van der Waals surface area contributed by atoms with Crippen LogP contribution in [0.2, 0.25) is 0 Å². The molecule has 1 heterocycles. The summed E-state index contributed by atoms with van der Waals surface area (Å²) in [6, 6.07) is 4.54. The number of sulfonamides is 1. The molecule has 0 aliphatic carbocycles. The minimum Gasteiger partial charge on any atom is -0.315 e. The van der Waals surface area contributed by atoms with Crippen molar-refractivity contribution in [2.45, 2.75) is 59.0 Å². The van der Waals surface area contributed by atoms with Crippen LogP contribution in [-0.2, 0) is 16.4 Å². The van der Waals surface area contributed by atoms with Crippen molar-refractivity contribution in [1.29, 1.82) is 0 Å². The van der Waals surface area contributed by atoms with Gasteiger partial charge in [-0.1, -0.05) is 13.8 Å². The van der Waals surface area contributed by atoms with Gasteiger partial charge in [0.25, 0.3) is 0 Å². The predicted octanol–water partition coefficient (Wildman–Crippen LogP) is 2.69. The zero-order chi connectivity index (χ0) is 15.9. The van der Waals surface area contributed by atoms with Gasteiger partial charge in [0, 0.05) is 21.8 Å². The molecule has 1 rings (SSSR count). The Labute approximate surface area is 133 Å². The van der Waals surface area contributed by atoms with Crippen LogP contribution in [0.15, 0.2) is 12.1 Å². The number of rotatable bonds is 10. The Morgan fingerprint density at radius 3 is 2.48 bits per heavy atom. The van der Waals surface area contributed by atoms with E-state index < -0.39 is 10.0 Å². The summed E-state index contributed by atoms with van der Waals surface area (Å²) >= 11 is 1.73. The van der Waals surface area contributed by atoms with Crippen LogP contribution in [0.1, 0.15) is 43.4 Å². The Kier molecular flexibility index (Phi) is 7.87. The van der Waals surface area contributed by atoms with Crippen LogP contribution >= 0.6 is 11.3 Å². The maximum Gasteiger partial charge on any atom is 0.211 e. The van der Waals surface area contributed by atoms with Crippen LogP contribution in [0.3, 0.4) is 0 Å². The Morgan fingerprint density at radius 2 is 1.90 bits per heavy atom. The average molecular weight is 333 g/mol. The van der Waals surface area contributed by atoms with E-state index in [4.69, 9.17) is 0 Å². The van der Waals surface area contributed by atoms with Gasteiger partial charge in [0.15, 0.2) is 0 Å². The topological polar surface area (TPSA) is 58.2 Å². The normalized spacial score (nSPS) is 13.8. The zero-order valence-electron chi connectivity index (χ0n) is 13.5. The van der Waals surface area contributed by atoms with Crippen LogP contribution in [0.25, 0.3) is 0 Å². The maximum atomic E-state index is 12.0. The second kappa shape index (κ2) is 8.88. The summed E-state index contributed by atoms with van der Waals surface area (Å²) in [5.41, 5.74) is 0. The zero-order valence-corrected chi connectivity index (χ0v) is 15.1. The number of hydrogen-bond acceptors (Lipinski definition) is 4. The van der Waals surface area contributed by atoms with Gasteiger partial charge in [-0.3, -0.25) is 0 Å². The molecule has 21 heavy (non-hydrogen) atoms. The summed E-state index contributed by atoms with van der Waals surface area (Å²) in [5.74, 6) is 0.209. The maximum absolute atomic E-state index is 12.0. The number of unbranched alkanes of at least 4 members (excludes halogenated alkanes) is 1. The first kappa shape index (κ1) is 18.6. The molecule has 1 aromatic heterocycles. The highest BCUT2D eigenvalue weighted by Gasteiger charge is 2.15. The largest absolute Gasteiger partial charge is 0.315 e. The lowest BCUT2D eigenvalue weighted by atomic mass is 10.2. The van der Waals surface area contributed by atoms with E-state index in [1.807, 2.05) is 6.92 Å². The summed E-state index contributed by atoms with van der Waals surface area (Å²) < 4.78 is 26.8. The Hall–Kier alpha value is -0.430. The van der Waals surface area contributed by atoms with Crippen molar-refractivity contribution in [3.05, 3.63) is 21.9 Å². The van der Waals surface area contributed by atoms with Gasteiger partial charge in [0.05, 0.1) is 5.75 Å². The van der Waals surface area contributed by atoms with Crippen molar-refractivity contribution in [3.8, 4) is 0 Å². The van der Waals surface area contributed by atoms with Gasteiger partial charge >= 0.3 is 0 Å². The fourth-order valence-corrected chi connectivity index (χ4v) is 4.53. The van der Waals surface area contributed by atoms with Crippen molar-refractivity contribution >= 4 is 21.4 Å². The number of nitrogens with one attached hydrogen (secondary N) is 2. The fraction of sp³-hybridized carbons (Fsp3) is 0.733. The lowest BCUT2D eigenvalue weighted by Gasteiger charge is -2.13. The van der Waals surface area contributed by atoms with Crippen molar-refractivity contribution in [2.24, 2.45) is 0 Å². The average Bonchev–Trinajstić information content (AvgIpc) is 2.72. The quantitative estimate of drug-likeness (QED) is 0.648. The van der Waals surface area contributed by atoms with Crippen molar-refractivity contribution in [1.82, 2.24) is 10.0 Å². The van der Waals surface area contributed by atoms with Gasteiger partial charge in [0.2, 0.25) is 10.0 Å². The summed E-state index contributed by atoms with van der Waals surface area (Å²) in [6.07, 6.45) is 2.34. The molecule has 122 valence electrons. The molecule has 0 saturated heterocycles. The molecule has 0 aliphatic rings. The first-order valence-corrected chi connectivity index (χ1v) is 10.0. The lowest BCUT2D eigenvalue weighted by molar-refractivity contribution is 0.546. The van der Waals surface area contributed by atoms with Crippen LogP contribution in [-0.4, -0.2) is 32.8 Å². The minimum absolute atomic E-state index is 0.0539. The van der Waals surface area contributed by atoms with Crippen molar-refractivity contribution in [3.63, 3.8) is 0 Å². The smallest absolute Gasteiger partial charge is 0.211 e. The minimum atomic E-state index is -3.17. The molecule has 1 unspecified atom stereocenters. The lowest BCUT2D eigenvalue weighted by Crippen LogP contribution is -2.35. The van der Waals surface area contributed by atoms with Crippen LogP contribution in [0, 0.1) is 6.92 Å². The summed E-state index contributed by atoms with van der Waals surface area (Å²) in [6.45, 7) is 9.04. The molecule has 0 radical (unpaired) electrons. The highest BCUT2D eigenvalue weighted by atomic mass is 32.2.